The van der Waals surface area contributed by atoms with Crippen molar-refractivity contribution in [3.05, 3.63) is 65.7 Å². The summed E-state index contributed by atoms with van der Waals surface area (Å²) < 4.78 is 25.9. The summed E-state index contributed by atoms with van der Waals surface area (Å²) in [5.41, 5.74) is -0.191. The fourth-order valence-corrected chi connectivity index (χ4v) is 2.26. The van der Waals surface area contributed by atoms with Gasteiger partial charge in [-0.15, -0.1) is 0 Å². The fraction of sp³-hybridized carbons (Fsp3) is 0.263. The third-order valence-corrected chi connectivity index (χ3v) is 3.81. The number of anilines is 1. The lowest BCUT2D eigenvalue weighted by molar-refractivity contribution is -0.136. The topological polar surface area (TPSA) is 78.4 Å². The van der Waals surface area contributed by atoms with Crippen LogP contribution in [-0.4, -0.2) is 29.1 Å². The van der Waals surface area contributed by atoms with Gasteiger partial charge >= 0.3 is 11.8 Å². The van der Waals surface area contributed by atoms with E-state index in [1.54, 1.807) is 6.92 Å². The number of halogens is 2. The number of aryl methyl sites for hydroxylation is 1. The third-order valence-electron chi connectivity index (χ3n) is 3.81. The van der Waals surface area contributed by atoms with Crippen LogP contribution in [0, 0.1) is 11.6 Å². The highest BCUT2D eigenvalue weighted by atomic mass is 19.2. The smallest absolute Gasteiger partial charge is 0.313 e. The Hall–Kier alpha value is -2.80. The summed E-state index contributed by atoms with van der Waals surface area (Å²) in [6.07, 6.45) is 1.01. The molecule has 0 aliphatic carbocycles. The van der Waals surface area contributed by atoms with Crippen molar-refractivity contribution in [3.63, 3.8) is 0 Å². The van der Waals surface area contributed by atoms with Crippen molar-refractivity contribution in [1.29, 1.82) is 0 Å². The lowest BCUT2D eigenvalue weighted by Gasteiger charge is -2.23. The van der Waals surface area contributed by atoms with E-state index in [0.29, 0.717) is 12.8 Å². The molecule has 0 aliphatic heterocycles. The van der Waals surface area contributed by atoms with Gasteiger partial charge in [0.15, 0.2) is 11.6 Å². The minimum absolute atomic E-state index is 0.0418. The van der Waals surface area contributed by atoms with Crippen LogP contribution >= 0.6 is 0 Å². The van der Waals surface area contributed by atoms with Crippen molar-refractivity contribution >= 4 is 17.5 Å². The SMILES string of the molecule is CC(O)(CCc1ccccc1)CNC(=O)C(=O)Nc1ccc(F)c(F)c1. The normalized spacial score (nSPS) is 12.9. The first kappa shape index (κ1) is 19.5. The lowest BCUT2D eigenvalue weighted by Crippen LogP contribution is -2.44. The van der Waals surface area contributed by atoms with Gasteiger partial charge in [-0.1, -0.05) is 30.3 Å². The highest BCUT2D eigenvalue weighted by molar-refractivity contribution is 6.39. The number of rotatable bonds is 6. The first-order valence-electron chi connectivity index (χ1n) is 8.07. The van der Waals surface area contributed by atoms with Crippen LogP contribution in [0.2, 0.25) is 0 Å². The van der Waals surface area contributed by atoms with Gasteiger partial charge in [0.1, 0.15) is 0 Å². The zero-order chi connectivity index (χ0) is 19.2. The van der Waals surface area contributed by atoms with Gasteiger partial charge in [0.2, 0.25) is 0 Å². The third kappa shape index (κ3) is 5.93. The number of benzene rings is 2. The number of amides is 2. The van der Waals surface area contributed by atoms with E-state index in [9.17, 15) is 23.5 Å². The Balaban J connectivity index is 1.82. The molecule has 0 fully saturated rings. The monoisotopic (exact) mass is 362 g/mol. The van der Waals surface area contributed by atoms with Gasteiger partial charge < -0.3 is 15.7 Å². The predicted octanol–water partition coefficient (Wildman–Crippen LogP) is 2.40. The summed E-state index contributed by atoms with van der Waals surface area (Å²) in [4.78, 5) is 23.6. The van der Waals surface area contributed by atoms with E-state index in [1.807, 2.05) is 30.3 Å². The van der Waals surface area contributed by atoms with E-state index in [-0.39, 0.29) is 12.2 Å². The second-order valence-corrected chi connectivity index (χ2v) is 6.25. The highest BCUT2D eigenvalue weighted by Crippen LogP contribution is 2.14. The molecule has 5 nitrogen and oxygen atoms in total. The Bertz CT molecular complexity index is 780. The second-order valence-electron chi connectivity index (χ2n) is 6.25. The molecule has 3 N–H and O–H groups in total. The molecule has 0 aromatic heterocycles. The van der Waals surface area contributed by atoms with Crippen LogP contribution in [0.5, 0.6) is 0 Å². The van der Waals surface area contributed by atoms with Crippen molar-refractivity contribution in [2.45, 2.75) is 25.4 Å². The van der Waals surface area contributed by atoms with Crippen molar-refractivity contribution in [2.75, 3.05) is 11.9 Å². The maximum absolute atomic E-state index is 13.1. The van der Waals surface area contributed by atoms with Crippen molar-refractivity contribution in [3.8, 4) is 0 Å². The molecule has 2 aromatic carbocycles. The average Bonchev–Trinajstić information content (AvgIpc) is 2.62. The van der Waals surface area contributed by atoms with Crippen LogP contribution in [-0.2, 0) is 16.0 Å². The summed E-state index contributed by atoms with van der Waals surface area (Å²) >= 11 is 0. The molecule has 0 heterocycles. The van der Waals surface area contributed by atoms with Crippen LogP contribution in [0.3, 0.4) is 0 Å². The Kier molecular flexibility index (Phi) is 6.41. The summed E-state index contributed by atoms with van der Waals surface area (Å²) in [6, 6.07) is 12.3. The molecule has 26 heavy (non-hydrogen) atoms. The minimum Gasteiger partial charge on any atom is -0.388 e. The molecule has 0 bridgehead atoms. The molecule has 2 amide bonds. The first-order valence-corrected chi connectivity index (χ1v) is 8.07. The molecule has 0 radical (unpaired) electrons. The molecular formula is C19H20F2N2O3. The van der Waals surface area contributed by atoms with Crippen molar-refractivity contribution < 1.29 is 23.5 Å². The maximum Gasteiger partial charge on any atom is 0.313 e. The Morgan fingerprint density at radius 3 is 2.38 bits per heavy atom. The highest BCUT2D eigenvalue weighted by Gasteiger charge is 2.23. The molecule has 1 atom stereocenters. The summed E-state index contributed by atoms with van der Waals surface area (Å²) in [5, 5.41) is 14.8. The second kappa shape index (κ2) is 8.53. The fourth-order valence-electron chi connectivity index (χ4n) is 2.26. The van der Waals surface area contributed by atoms with Gasteiger partial charge in [0.05, 0.1) is 5.60 Å². The lowest BCUT2D eigenvalue weighted by atomic mass is 9.97. The zero-order valence-corrected chi connectivity index (χ0v) is 14.3. The van der Waals surface area contributed by atoms with E-state index < -0.39 is 29.0 Å². The number of nitrogens with one attached hydrogen (secondary N) is 2. The van der Waals surface area contributed by atoms with Crippen molar-refractivity contribution in [1.82, 2.24) is 5.32 Å². The van der Waals surface area contributed by atoms with Crippen LogP contribution in [0.25, 0.3) is 0 Å². The molecular weight excluding hydrogens is 342 g/mol. The molecule has 7 heteroatoms. The van der Waals surface area contributed by atoms with Gasteiger partial charge in [0, 0.05) is 18.3 Å². The molecule has 2 aromatic rings. The summed E-state index contributed by atoms with van der Waals surface area (Å²) in [6.45, 7) is 1.44. The number of hydrogen-bond donors (Lipinski definition) is 3. The molecule has 1 unspecified atom stereocenters. The molecule has 0 saturated carbocycles. The minimum atomic E-state index is -1.20. The van der Waals surface area contributed by atoms with Gasteiger partial charge in [-0.25, -0.2) is 8.78 Å². The van der Waals surface area contributed by atoms with Crippen LogP contribution in [0.15, 0.2) is 48.5 Å². The molecule has 2 rings (SSSR count). The van der Waals surface area contributed by atoms with Crippen LogP contribution in [0.1, 0.15) is 18.9 Å². The quantitative estimate of drug-likeness (QED) is 0.691. The van der Waals surface area contributed by atoms with Crippen LogP contribution < -0.4 is 10.6 Å². The van der Waals surface area contributed by atoms with Crippen molar-refractivity contribution in [2.24, 2.45) is 0 Å². The zero-order valence-electron chi connectivity index (χ0n) is 14.3. The summed E-state index contributed by atoms with van der Waals surface area (Å²) in [7, 11) is 0. The Morgan fingerprint density at radius 2 is 1.73 bits per heavy atom. The van der Waals surface area contributed by atoms with E-state index in [0.717, 1.165) is 23.8 Å². The molecule has 0 aliphatic rings. The van der Waals surface area contributed by atoms with Crippen LogP contribution in [0.4, 0.5) is 14.5 Å². The molecule has 0 saturated heterocycles. The van der Waals surface area contributed by atoms with E-state index in [4.69, 9.17) is 0 Å². The summed E-state index contributed by atoms with van der Waals surface area (Å²) in [5.74, 6) is -4.20. The number of hydrogen-bond acceptors (Lipinski definition) is 3. The largest absolute Gasteiger partial charge is 0.388 e. The average molecular weight is 362 g/mol. The number of carbonyl (C=O) groups is 2. The molecule has 0 spiro atoms. The Morgan fingerprint density at radius 1 is 1.04 bits per heavy atom. The first-order chi connectivity index (χ1) is 12.3. The van der Waals surface area contributed by atoms with E-state index >= 15 is 0 Å². The van der Waals surface area contributed by atoms with E-state index in [1.165, 1.54) is 0 Å². The standard InChI is InChI=1S/C19H20F2N2O3/c1-19(26,10-9-13-5-3-2-4-6-13)12-22-17(24)18(25)23-14-7-8-15(20)16(21)11-14/h2-8,11,26H,9-10,12H2,1H3,(H,22,24)(H,23,25). The number of aliphatic hydroxyl groups is 1. The van der Waals surface area contributed by atoms with Gasteiger partial charge in [-0.05, 0) is 37.5 Å². The molecule has 138 valence electrons. The van der Waals surface area contributed by atoms with E-state index in [2.05, 4.69) is 10.6 Å². The Labute approximate surface area is 150 Å². The van der Waals surface area contributed by atoms with Gasteiger partial charge in [-0.3, -0.25) is 9.59 Å². The number of carbonyl (C=O) groups excluding carboxylic acids is 2. The predicted molar refractivity (Wildman–Crippen MR) is 93.4 cm³/mol. The van der Waals surface area contributed by atoms with Gasteiger partial charge in [-0.2, -0.15) is 0 Å². The van der Waals surface area contributed by atoms with Gasteiger partial charge in [0.25, 0.3) is 0 Å². The maximum atomic E-state index is 13.1.